The molecule has 1 aliphatic rings. The lowest BCUT2D eigenvalue weighted by Gasteiger charge is -2.21. The Hall–Kier alpha value is -1.13. The van der Waals surface area contributed by atoms with Crippen LogP contribution in [0.3, 0.4) is 0 Å². The number of aromatic nitrogens is 2. The van der Waals surface area contributed by atoms with E-state index in [0.717, 1.165) is 17.0 Å². The summed E-state index contributed by atoms with van der Waals surface area (Å²) in [6.45, 7) is 2.13. The van der Waals surface area contributed by atoms with Crippen LogP contribution in [0.1, 0.15) is 67.3 Å². The summed E-state index contributed by atoms with van der Waals surface area (Å²) in [6.07, 6.45) is 9.75. The quantitative estimate of drug-likeness (QED) is 0.895. The van der Waals surface area contributed by atoms with Crippen molar-refractivity contribution < 1.29 is 5.11 Å². The first kappa shape index (κ1) is 14.8. The maximum atomic E-state index is 10.5. The molecule has 1 atom stereocenters. The van der Waals surface area contributed by atoms with Crippen molar-refractivity contribution in [1.82, 2.24) is 9.78 Å². The van der Waals surface area contributed by atoms with Crippen LogP contribution in [-0.2, 0) is 12.8 Å². The minimum atomic E-state index is -0.422. The minimum Gasteiger partial charge on any atom is -0.387 e. The SMILES string of the molecule is CCc1ccsc1C(O)Cc1ccn(C2CCCCC2)n1. The van der Waals surface area contributed by atoms with E-state index in [1.54, 1.807) is 11.3 Å². The van der Waals surface area contributed by atoms with Gasteiger partial charge in [-0.05, 0) is 42.3 Å². The van der Waals surface area contributed by atoms with Crippen LogP contribution in [0.25, 0.3) is 0 Å². The molecule has 21 heavy (non-hydrogen) atoms. The van der Waals surface area contributed by atoms with Crippen molar-refractivity contribution in [3.8, 4) is 0 Å². The summed E-state index contributed by atoms with van der Waals surface area (Å²) >= 11 is 1.65. The molecule has 0 amide bonds. The van der Waals surface area contributed by atoms with Crippen molar-refractivity contribution in [3.05, 3.63) is 39.8 Å². The van der Waals surface area contributed by atoms with Gasteiger partial charge in [-0.1, -0.05) is 26.2 Å². The highest BCUT2D eigenvalue weighted by Gasteiger charge is 2.18. The summed E-state index contributed by atoms with van der Waals surface area (Å²) in [6, 6.07) is 4.75. The van der Waals surface area contributed by atoms with Crippen LogP contribution >= 0.6 is 11.3 Å². The standard InChI is InChI=1S/C17H24N2OS/c1-2-13-9-11-21-17(13)16(20)12-14-8-10-19(18-14)15-6-4-3-5-7-15/h8-11,15-16,20H,2-7,12H2,1H3. The zero-order chi connectivity index (χ0) is 14.7. The molecule has 0 bridgehead atoms. The van der Waals surface area contributed by atoms with Crippen molar-refractivity contribution >= 4 is 11.3 Å². The Morgan fingerprint density at radius 3 is 2.90 bits per heavy atom. The number of aliphatic hydroxyl groups excluding tert-OH is 1. The van der Waals surface area contributed by atoms with E-state index in [0.29, 0.717) is 12.5 Å². The molecular weight excluding hydrogens is 280 g/mol. The van der Waals surface area contributed by atoms with E-state index in [-0.39, 0.29) is 0 Å². The lowest BCUT2D eigenvalue weighted by Crippen LogP contribution is -2.13. The normalized spacial score (nSPS) is 18.0. The van der Waals surface area contributed by atoms with Crippen molar-refractivity contribution in [3.63, 3.8) is 0 Å². The molecule has 1 aliphatic carbocycles. The van der Waals surface area contributed by atoms with Crippen LogP contribution < -0.4 is 0 Å². The van der Waals surface area contributed by atoms with E-state index in [1.165, 1.54) is 37.7 Å². The topological polar surface area (TPSA) is 38.0 Å². The van der Waals surface area contributed by atoms with Gasteiger partial charge in [-0.3, -0.25) is 4.68 Å². The number of hydrogen-bond acceptors (Lipinski definition) is 3. The maximum Gasteiger partial charge on any atom is 0.0940 e. The molecular formula is C17H24N2OS. The van der Waals surface area contributed by atoms with Gasteiger partial charge in [0.15, 0.2) is 0 Å². The second-order valence-electron chi connectivity index (χ2n) is 5.96. The lowest BCUT2D eigenvalue weighted by molar-refractivity contribution is 0.179. The van der Waals surface area contributed by atoms with Crippen molar-refractivity contribution in [2.24, 2.45) is 0 Å². The monoisotopic (exact) mass is 304 g/mol. The second-order valence-corrected chi connectivity index (χ2v) is 6.91. The van der Waals surface area contributed by atoms with E-state index < -0.39 is 6.10 Å². The largest absolute Gasteiger partial charge is 0.387 e. The Labute approximate surface area is 130 Å². The second kappa shape index (κ2) is 6.75. The third-order valence-electron chi connectivity index (χ3n) is 4.48. The summed E-state index contributed by atoms with van der Waals surface area (Å²) in [5, 5.41) is 17.2. The summed E-state index contributed by atoms with van der Waals surface area (Å²) in [4.78, 5) is 1.10. The number of nitrogens with zero attached hydrogens (tertiary/aromatic N) is 2. The molecule has 2 aromatic heterocycles. The molecule has 2 aromatic rings. The maximum absolute atomic E-state index is 10.5. The fourth-order valence-corrected chi connectivity index (χ4v) is 4.24. The molecule has 0 aromatic carbocycles. The number of rotatable bonds is 5. The first-order valence-corrected chi connectivity index (χ1v) is 8.94. The number of aryl methyl sites for hydroxylation is 1. The van der Waals surface area contributed by atoms with Gasteiger partial charge in [0.1, 0.15) is 0 Å². The van der Waals surface area contributed by atoms with Gasteiger partial charge in [0.25, 0.3) is 0 Å². The highest BCUT2D eigenvalue weighted by atomic mass is 32.1. The van der Waals surface area contributed by atoms with Crippen LogP contribution in [0.5, 0.6) is 0 Å². The van der Waals surface area contributed by atoms with Gasteiger partial charge in [-0.15, -0.1) is 11.3 Å². The molecule has 114 valence electrons. The first-order chi connectivity index (χ1) is 10.3. The van der Waals surface area contributed by atoms with Crippen LogP contribution in [0, 0.1) is 0 Å². The summed E-state index contributed by atoms with van der Waals surface area (Å²) in [5.74, 6) is 0. The predicted octanol–water partition coefficient (Wildman–Crippen LogP) is 4.29. The van der Waals surface area contributed by atoms with E-state index in [2.05, 4.69) is 35.3 Å². The average Bonchev–Trinajstić information content (AvgIpc) is 3.16. The van der Waals surface area contributed by atoms with E-state index >= 15 is 0 Å². The predicted molar refractivity (Wildman–Crippen MR) is 86.7 cm³/mol. The van der Waals surface area contributed by atoms with Gasteiger partial charge in [-0.25, -0.2) is 0 Å². The van der Waals surface area contributed by atoms with E-state index in [4.69, 9.17) is 5.10 Å². The Morgan fingerprint density at radius 2 is 2.14 bits per heavy atom. The number of hydrogen-bond donors (Lipinski definition) is 1. The third-order valence-corrected chi connectivity index (χ3v) is 5.54. The minimum absolute atomic E-state index is 0.422. The Morgan fingerprint density at radius 1 is 1.33 bits per heavy atom. The molecule has 3 rings (SSSR count). The van der Waals surface area contributed by atoms with E-state index in [9.17, 15) is 5.11 Å². The van der Waals surface area contributed by atoms with Crippen LogP contribution in [0.15, 0.2) is 23.7 Å². The molecule has 1 unspecified atom stereocenters. The van der Waals surface area contributed by atoms with Gasteiger partial charge in [-0.2, -0.15) is 5.10 Å². The first-order valence-electron chi connectivity index (χ1n) is 8.06. The lowest BCUT2D eigenvalue weighted by atomic mass is 9.96. The molecule has 0 radical (unpaired) electrons. The third kappa shape index (κ3) is 3.38. The average molecular weight is 304 g/mol. The van der Waals surface area contributed by atoms with Gasteiger partial charge in [0.05, 0.1) is 17.8 Å². The Kier molecular flexibility index (Phi) is 4.76. The van der Waals surface area contributed by atoms with Gasteiger partial charge >= 0.3 is 0 Å². The Balaban J connectivity index is 1.66. The molecule has 0 aliphatic heterocycles. The summed E-state index contributed by atoms with van der Waals surface area (Å²) in [5.41, 5.74) is 2.27. The van der Waals surface area contributed by atoms with Crippen molar-refractivity contribution in [2.45, 2.75) is 64.0 Å². The highest BCUT2D eigenvalue weighted by Crippen LogP contribution is 2.29. The van der Waals surface area contributed by atoms with Gasteiger partial charge in [0, 0.05) is 17.5 Å². The fourth-order valence-electron chi connectivity index (χ4n) is 3.26. The van der Waals surface area contributed by atoms with E-state index in [1.807, 2.05) is 0 Å². The van der Waals surface area contributed by atoms with Crippen LogP contribution in [0.4, 0.5) is 0 Å². The van der Waals surface area contributed by atoms with Crippen LogP contribution in [-0.4, -0.2) is 14.9 Å². The van der Waals surface area contributed by atoms with Gasteiger partial charge < -0.3 is 5.11 Å². The highest BCUT2D eigenvalue weighted by molar-refractivity contribution is 7.10. The summed E-state index contributed by atoms with van der Waals surface area (Å²) < 4.78 is 2.12. The van der Waals surface area contributed by atoms with Crippen LogP contribution in [0.2, 0.25) is 0 Å². The molecule has 0 spiro atoms. The fraction of sp³-hybridized carbons (Fsp3) is 0.588. The molecule has 1 N–H and O–H groups in total. The number of thiophene rings is 1. The zero-order valence-corrected chi connectivity index (χ0v) is 13.5. The smallest absolute Gasteiger partial charge is 0.0940 e. The molecule has 1 fully saturated rings. The molecule has 1 saturated carbocycles. The number of aliphatic hydroxyl groups is 1. The van der Waals surface area contributed by atoms with Crippen molar-refractivity contribution in [1.29, 1.82) is 0 Å². The summed E-state index contributed by atoms with van der Waals surface area (Å²) in [7, 11) is 0. The zero-order valence-electron chi connectivity index (χ0n) is 12.7. The molecule has 0 saturated heterocycles. The molecule has 4 heteroatoms. The van der Waals surface area contributed by atoms with Gasteiger partial charge in [0.2, 0.25) is 0 Å². The molecule has 3 nitrogen and oxygen atoms in total. The molecule has 2 heterocycles. The van der Waals surface area contributed by atoms with Crippen molar-refractivity contribution in [2.75, 3.05) is 0 Å². The Bertz CT molecular complexity index is 569.